The molecule has 35 heavy (non-hydrogen) atoms. The molecule has 2 aromatic carbocycles. The van der Waals surface area contributed by atoms with E-state index in [0.717, 1.165) is 48.5 Å². The number of aromatic nitrogens is 4. The van der Waals surface area contributed by atoms with Gasteiger partial charge in [0.15, 0.2) is 5.65 Å². The molecule has 2 aromatic heterocycles. The molecule has 10 nitrogen and oxygen atoms in total. The molecular weight excluding hydrogens is 444 g/mol. The molecule has 1 aliphatic heterocycles. The molecule has 0 saturated carbocycles. The lowest BCUT2D eigenvalue weighted by Crippen LogP contribution is -2.44. The van der Waals surface area contributed by atoms with Gasteiger partial charge in [-0.1, -0.05) is 18.7 Å². The maximum atomic E-state index is 11.7. The summed E-state index contributed by atoms with van der Waals surface area (Å²) in [6.45, 7) is 7.05. The number of nitrogens with one attached hydrogen (secondary N) is 3. The zero-order valence-electron chi connectivity index (χ0n) is 19.3. The highest BCUT2D eigenvalue weighted by atomic mass is 16.3. The molecule has 4 aromatic rings. The quantitative estimate of drug-likeness (QED) is 0.250. The van der Waals surface area contributed by atoms with Crippen LogP contribution >= 0.6 is 0 Å². The predicted octanol–water partition coefficient (Wildman–Crippen LogP) is 3.35. The summed E-state index contributed by atoms with van der Waals surface area (Å²) in [6, 6.07) is 12.8. The molecule has 10 heteroatoms. The fourth-order valence-corrected chi connectivity index (χ4v) is 4.08. The minimum atomic E-state index is -0.288. The summed E-state index contributed by atoms with van der Waals surface area (Å²) in [5.41, 5.74) is 4.21. The Kier molecular flexibility index (Phi) is 6.02. The molecule has 0 radical (unpaired) electrons. The highest BCUT2D eigenvalue weighted by Crippen LogP contribution is 2.33. The van der Waals surface area contributed by atoms with E-state index in [9.17, 15) is 9.90 Å². The molecule has 178 valence electrons. The van der Waals surface area contributed by atoms with Gasteiger partial charge in [0.05, 0.1) is 23.0 Å². The van der Waals surface area contributed by atoms with Gasteiger partial charge in [0.2, 0.25) is 11.9 Å². The molecule has 0 atom stereocenters. The Balaban J connectivity index is 1.47. The standard InChI is InChI=1S/C25H26N8O2/c1-3-22(35)27-17-6-4-5-16(13-17)23-19-15-26-31-24(19)30-25(29-23)28-18-7-8-21(34)20(14-18)33-11-9-32(2)10-12-33/h3-8,13-15,34H,1,9-12H2,2H3,(H,27,35)(H2,26,28,29,30,31). The average Bonchev–Trinajstić information content (AvgIpc) is 3.34. The number of benzene rings is 2. The topological polar surface area (TPSA) is 122 Å². The Bertz CT molecular complexity index is 1390. The van der Waals surface area contributed by atoms with E-state index in [2.05, 4.69) is 49.2 Å². The van der Waals surface area contributed by atoms with E-state index >= 15 is 0 Å². The number of anilines is 4. The highest BCUT2D eigenvalue weighted by molar-refractivity contribution is 5.99. The Hall–Kier alpha value is -4.44. The minimum absolute atomic E-state index is 0.240. The van der Waals surface area contributed by atoms with E-state index in [-0.39, 0.29) is 11.7 Å². The lowest BCUT2D eigenvalue weighted by molar-refractivity contribution is -0.111. The van der Waals surface area contributed by atoms with Crippen molar-refractivity contribution in [3.8, 4) is 17.0 Å². The third-order valence-electron chi connectivity index (χ3n) is 5.97. The van der Waals surface area contributed by atoms with Gasteiger partial charge in [-0.2, -0.15) is 10.1 Å². The number of aromatic hydroxyl groups is 1. The van der Waals surface area contributed by atoms with Gasteiger partial charge in [0, 0.05) is 43.1 Å². The zero-order valence-corrected chi connectivity index (χ0v) is 19.3. The van der Waals surface area contributed by atoms with Crippen molar-refractivity contribution in [1.29, 1.82) is 0 Å². The minimum Gasteiger partial charge on any atom is -0.506 e. The largest absolute Gasteiger partial charge is 0.506 e. The molecule has 0 unspecified atom stereocenters. The first-order chi connectivity index (χ1) is 17.0. The van der Waals surface area contributed by atoms with Gasteiger partial charge < -0.3 is 25.5 Å². The number of nitrogens with zero attached hydrogens (tertiary/aromatic N) is 5. The predicted molar refractivity (Wildman–Crippen MR) is 137 cm³/mol. The SMILES string of the molecule is C=CC(=O)Nc1cccc(-c2nc(Nc3ccc(O)c(N4CCN(C)CC4)c3)nc3[nH]ncc23)c1. The van der Waals surface area contributed by atoms with Crippen molar-refractivity contribution < 1.29 is 9.90 Å². The monoisotopic (exact) mass is 470 g/mol. The number of carbonyl (C=O) groups is 1. The number of fused-ring (bicyclic) bond motifs is 1. The van der Waals surface area contributed by atoms with E-state index in [4.69, 9.17) is 4.98 Å². The summed E-state index contributed by atoms with van der Waals surface area (Å²) >= 11 is 0. The molecule has 0 aliphatic carbocycles. The van der Waals surface area contributed by atoms with Crippen LogP contribution in [0, 0.1) is 0 Å². The van der Waals surface area contributed by atoms with Crippen LogP contribution in [0.5, 0.6) is 5.75 Å². The first-order valence-corrected chi connectivity index (χ1v) is 11.3. The third kappa shape index (κ3) is 4.78. The van der Waals surface area contributed by atoms with Gasteiger partial charge in [-0.3, -0.25) is 9.89 Å². The fourth-order valence-electron chi connectivity index (χ4n) is 4.08. The number of phenols is 1. The first-order valence-electron chi connectivity index (χ1n) is 11.3. The Labute approximate surface area is 202 Å². The zero-order chi connectivity index (χ0) is 24.4. The molecule has 1 aliphatic rings. The Morgan fingerprint density at radius 1 is 1.11 bits per heavy atom. The van der Waals surface area contributed by atoms with Crippen LogP contribution in [0.1, 0.15) is 0 Å². The normalized spacial score (nSPS) is 14.1. The van der Waals surface area contributed by atoms with Crippen molar-refractivity contribution in [2.24, 2.45) is 0 Å². The molecule has 5 rings (SSSR count). The van der Waals surface area contributed by atoms with Crippen molar-refractivity contribution in [1.82, 2.24) is 25.1 Å². The third-order valence-corrected chi connectivity index (χ3v) is 5.97. The van der Waals surface area contributed by atoms with Crippen molar-refractivity contribution in [3.05, 3.63) is 61.3 Å². The second kappa shape index (κ2) is 9.43. The number of carbonyl (C=O) groups excluding carboxylic acids is 1. The van der Waals surface area contributed by atoms with E-state index < -0.39 is 0 Å². The van der Waals surface area contributed by atoms with Gasteiger partial charge in [-0.05, 0) is 43.5 Å². The van der Waals surface area contributed by atoms with Crippen molar-refractivity contribution in [2.45, 2.75) is 0 Å². The summed E-state index contributed by atoms with van der Waals surface area (Å²) in [6.07, 6.45) is 2.90. The Morgan fingerprint density at radius 2 is 1.94 bits per heavy atom. The second-order valence-electron chi connectivity index (χ2n) is 8.42. The molecule has 1 amide bonds. The number of aromatic amines is 1. The summed E-state index contributed by atoms with van der Waals surface area (Å²) in [7, 11) is 2.10. The molecular formula is C25H26N8O2. The lowest BCUT2D eigenvalue weighted by Gasteiger charge is -2.34. The van der Waals surface area contributed by atoms with Gasteiger partial charge >= 0.3 is 0 Å². The van der Waals surface area contributed by atoms with Crippen LogP contribution in [0.4, 0.5) is 23.0 Å². The molecule has 1 fully saturated rings. The van der Waals surface area contributed by atoms with Gasteiger partial charge in [-0.25, -0.2) is 4.98 Å². The van der Waals surface area contributed by atoms with Gasteiger partial charge in [0.1, 0.15) is 5.75 Å². The molecule has 3 heterocycles. The number of H-pyrrole nitrogens is 1. The van der Waals surface area contributed by atoms with E-state index in [1.165, 1.54) is 6.08 Å². The highest BCUT2D eigenvalue weighted by Gasteiger charge is 2.18. The van der Waals surface area contributed by atoms with Crippen molar-refractivity contribution >= 4 is 40.0 Å². The van der Waals surface area contributed by atoms with E-state index in [0.29, 0.717) is 23.0 Å². The van der Waals surface area contributed by atoms with Crippen LogP contribution in [0.15, 0.2) is 61.3 Å². The summed E-state index contributed by atoms with van der Waals surface area (Å²) < 4.78 is 0. The number of likely N-dealkylation sites (N-methyl/N-ethyl adjacent to an activating group) is 1. The van der Waals surface area contributed by atoms with Crippen LogP contribution in [-0.4, -0.2) is 69.3 Å². The van der Waals surface area contributed by atoms with Crippen LogP contribution in [0.25, 0.3) is 22.3 Å². The summed E-state index contributed by atoms with van der Waals surface area (Å²) in [5.74, 6) is 0.334. The molecule has 1 saturated heterocycles. The fraction of sp³-hybridized carbons (Fsp3) is 0.200. The second-order valence-corrected chi connectivity index (χ2v) is 8.42. The number of rotatable bonds is 6. The number of amides is 1. The molecule has 4 N–H and O–H groups in total. The molecule has 0 bridgehead atoms. The Morgan fingerprint density at radius 3 is 2.74 bits per heavy atom. The van der Waals surface area contributed by atoms with Crippen molar-refractivity contribution in [3.63, 3.8) is 0 Å². The maximum Gasteiger partial charge on any atom is 0.247 e. The average molecular weight is 471 g/mol. The van der Waals surface area contributed by atoms with Gasteiger partial charge in [0.25, 0.3) is 0 Å². The lowest BCUT2D eigenvalue weighted by atomic mass is 10.1. The first kappa shape index (κ1) is 22.4. The number of hydrogen-bond acceptors (Lipinski definition) is 8. The maximum absolute atomic E-state index is 11.7. The number of hydrogen-bond donors (Lipinski definition) is 4. The van der Waals surface area contributed by atoms with Crippen LogP contribution in [-0.2, 0) is 4.79 Å². The van der Waals surface area contributed by atoms with Crippen LogP contribution in [0.3, 0.4) is 0 Å². The smallest absolute Gasteiger partial charge is 0.247 e. The van der Waals surface area contributed by atoms with Crippen molar-refractivity contribution in [2.75, 3.05) is 48.8 Å². The summed E-state index contributed by atoms with van der Waals surface area (Å²) in [4.78, 5) is 25.5. The van der Waals surface area contributed by atoms with Crippen LogP contribution < -0.4 is 15.5 Å². The number of piperazine rings is 1. The summed E-state index contributed by atoms with van der Waals surface area (Å²) in [5, 5.41) is 24.3. The number of phenolic OH excluding ortho intramolecular Hbond substituents is 1. The van der Waals surface area contributed by atoms with Crippen LogP contribution in [0.2, 0.25) is 0 Å². The van der Waals surface area contributed by atoms with Gasteiger partial charge in [-0.15, -0.1) is 0 Å². The molecule has 0 spiro atoms. The van der Waals surface area contributed by atoms with E-state index in [1.807, 2.05) is 24.3 Å². The van der Waals surface area contributed by atoms with E-state index in [1.54, 1.807) is 24.4 Å².